The third kappa shape index (κ3) is 48.5. The van der Waals surface area contributed by atoms with Gasteiger partial charge in [-0.1, -0.05) is 277 Å². The number of ether oxygens (including phenoxy) is 2. The van der Waals surface area contributed by atoms with Crippen LogP contribution in [0.25, 0.3) is 0 Å². The molecule has 0 heterocycles. The second-order valence-electron chi connectivity index (χ2n) is 18.7. The molecule has 0 spiro atoms. The van der Waals surface area contributed by atoms with Gasteiger partial charge in [0.05, 0.1) is 6.61 Å². The van der Waals surface area contributed by atoms with Crippen molar-refractivity contribution < 1.29 is 37.6 Å². The van der Waals surface area contributed by atoms with Crippen LogP contribution in [-0.4, -0.2) is 43.3 Å². The van der Waals surface area contributed by atoms with Crippen LogP contribution in [0, 0.1) is 0 Å². The van der Waals surface area contributed by atoms with Crippen LogP contribution in [-0.2, 0) is 32.7 Å². The third-order valence-corrected chi connectivity index (χ3v) is 13.5. The average Bonchev–Trinajstić information content (AvgIpc) is 3.26. The molecule has 0 rings (SSSR count). The van der Waals surface area contributed by atoms with Crippen LogP contribution in [0.4, 0.5) is 0 Å². The molecule has 8 nitrogen and oxygen atoms in total. The number of esters is 2. The van der Waals surface area contributed by atoms with Crippen molar-refractivity contribution in [2.45, 2.75) is 309 Å². The van der Waals surface area contributed by atoms with Gasteiger partial charge >= 0.3 is 19.8 Å². The highest BCUT2D eigenvalue weighted by atomic mass is 31.2. The van der Waals surface area contributed by atoms with E-state index in [0.29, 0.717) is 6.42 Å². The smallest absolute Gasteiger partial charge is 0.462 e. The maximum Gasteiger partial charge on any atom is 0.472 e. The number of phosphoric acid groups is 1. The zero-order valence-corrected chi connectivity index (χ0v) is 42.5. The minimum absolute atomic E-state index is 0.215. The topological polar surface area (TPSA) is 108 Å². The van der Waals surface area contributed by atoms with Crippen molar-refractivity contribution in [1.82, 2.24) is 0 Å². The van der Waals surface area contributed by atoms with E-state index >= 15 is 0 Å². The average molecular weight is 901 g/mol. The molecule has 0 radical (unpaired) electrons. The number of hydrogen-bond donors (Lipinski definition) is 1. The second-order valence-corrected chi connectivity index (χ2v) is 20.3. The van der Waals surface area contributed by atoms with Crippen LogP contribution < -0.4 is 0 Å². The summed E-state index contributed by atoms with van der Waals surface area (Å²) in [5, 5.41) is 0. The summed E-state index contributed by atoms with van der Waals surface area (Å²) >= 11 is 0. The van der Waals surface area contributed by atoms with E-state index in [2.05, 4.69) is 18.4 Å². The Kier molecular flexibility index (Phi) is 48.7. The van der Waals surface area contributed by atoms with Crippen molar-refractivity contribution in [2.24, 2.45) is 0 Å². The molecule has 0 aliphatic carbocycles. The van der Waals surface area contributed by atoms with Crippen LogP contribution in [0.15, 0.2) is 0 Å². The summed E-state index contributed by atoms with van der Waals surface area (Å²) in [6.45, 7) is 3.96. The van der Waals surface area contributed by atoms with Gasteiger partial charge in [-0.3, -0.25) is 18.6 Å². The highest BCUT2D eigenvalue weighted by Gasteiger charge is 2.24. The molecule has 0 saturated carbocycles. The zero-order valence-electron chi connectivity index (χ0n) is 41.6. The van der Waals surface area contributed by atoms with Gasteiger partial charge in [-0.15, -0.1) is 0 Å². The molecule has 0 aliphatic heterocycles. The lowest BCUT2D eigenvalue weighted by Crippen LogP contribution is -2.29. The highest BCUT2D eigenvalue weighted by Crippen LogP contribution is 2.42. The Morgan fingerprint density at radius 3 is 0.887 bits per heavy atom. The molecule has 0 saturated heterocycles. The number of phosphoric ester groups is 1. The van der Waals surface area contributed by atoms with Gasteiger partial charge < -0.3 is 14.4 Å². The summed E-state index contributed by atoms with van der Waals surface area (Å²) in [4.78, 5) is 34.7. The van der Waals surface area contributed by atoms with E-state index in [4.69, 9.17) is 14.0 Å². The molecule has 0 aliphatic rings. The Morgan fingerprint density at radius 1 is 0.387 bits per heavy atom. The van der Waals surface area contributed by atoms with Gasteiger partial charge in [-0.2, -0.15) is 0 Å². The quantitative estimate of drug-likeness (QED) is 0.0365. The Labute approximate surface area is 385 Å². The minimum Gasteiger partial charge on any atom is -0.462 e. The largest absolute Gasteiger partial charge is 0.472 e. The molecule has 0 aromatic heterocycles. The Balaban J connectivity index is 3.80. The SMILES string of the molecule is CCCCCCCCCCCCCCCCCCCCCCCCCC(=O)OC(COC(=O)CCCCCCCCCCCCCCCCCCCCCC)COP(=O)(O)OC. The second kappa shape index (κ2) is 49.5. The van der Waals surface area contributed by atoms with Gasteiger partial charge in [0.2, 0.25) is 0 Å². The molecular weight excluding hydrogens is 796 g/mol. The van der Waals surface area contributed by atoms with E-state index < -0.39 is 19.9 Å². The van der Waals surface area contributed by atoms with E-state index in [1.807, 2.05) is 0 Å². The first-order valence-electron chi connectivity index (χ1n) is 27.2. The lowest BCUT2D eigenvalue weighted by molar-refractivity contribution is -0.161. The van der Waals surface area contributed by atoms with Gasteiger partial charge in [0.25, 0.3) is 0 Å². The molecule has 0 bridgehead atoms. The van der Waals surface area contributed by atoms with Gasteiger partial charge in [-0.05, 0) is 12.8 Å². The summed E-state index contributed by atoms with van der Waals surface area (Å²) in [5.74, 6) is -0.778. The predicted octanol–water partition coefficient (Wildman–Crippen LogP) is 17.8. The molecule has 2 unspecified atom stereocenters. The predicted molar refractivity (Wildman–Crippen MR) is 263 cm³/mol. The summed E-state index contributed by atoms with van der Waals surface area (Å²) in [6.07, 6.45) is 56.1. The maximum atomic E-state index is 12.6. The molecule has 9 heteroatoms. The van der Waals surface area contributed by atoms with Crippen LogP contribution >= 0.6 is 7.82 Å². The number of carbonyl (C=O) groups excluding carboxylic acids is 2. The first kappa shape index (κ1) is 61.0. The van der Waals surface area contributed by atoms with Crippen molar-refractivity contribution in [2.75, 3.05) is 20.3 Å². The first-order chi connectivity index (χ1) is 30.3. The monoisotopic (exact) mass is 901 g/mol. The minimum atomic E-state index is -4.26. The van der Waals surface area contributed by atoms with E-state index in [1.165, 1.54) is 238 Å². The van der Waals surface area contributed by atoms with E-state index in [9.17, 15) is 19.0 Å². The summed E-state index contributed by atoms with van der Waals surface area (Å²) in [6, 6.07) is 0. The fourth-order valence-electron chi connectivity index (χ4n) is 8.43. The van der Waals surface area contributed by atoms with Crippen LogP contribution in [0.3, 0.4) is 0 Å². The van der Waals surface area contributed by atoms with E-state index in [-0.39, 0.29) is 25.6 Å². The van der Waals surface area contributed by atoms with Gasteiger partial charge in [0.1, 0.15) is 6.61 Å². The first-order valence-corrected chi connectivity index (χ1v) is 28.7. The van der Waals surface area contributed by atoms with Gasteiger partial charge in [0, 0.05) is 20.0 Å². The number of hydrogen-bond acceptors (Lipinski definition) is 7. The third-order valence-electron chi connectivity index (χ3n) is 12.6. The lowest BCUT2D eigenvalue weighted by Gasteiger charge is -2.19. The van der Waals surface area contributed by atoms with Gasteiger partial charge in [0.15, 0.2) is 6.10 Å². The van der Waals surface area contributed by atoms with Crippen LogP contribution in [0.5, 0.6) is 0 Å². The Bertz CT molecular complexity index is 977. The molecular formula is C53H105O8P. The molecule has 0 aromatic rings. The normalized spacial score (nSPS) is 13.0. The zero-order chi connectivity index (χ0) is 45.3. The van der Waals surface area contributed by atoms with Crippen molar-refractivity contribution in [1.29, 1.82) is 0 Å². The van der Waals surface area contributed by atoms with Gasteiger partial charge in [-0.25, -0.2) is 4.57 Å². The maximum absolute atomic E-state index is 12.6. The number of unbranched alkanes of at least 4 members (excludes halogenated alkanes) is 41. The van der Waals surface area contributed by atoms with E-state index in [0.717, 1.165) is 45.6 Å². The molecule has 2 atom stereocenters. The Morgan fingerprint density at radius 2 is 0.629 bits per heavy atom. The standard InChI is InChI=1S/C53H105O8P/c1-4-6-8-10-12-14-16-18-20-22-24-26-27-28-30-32-34-36-38-40-42-44-46-48-53(55)61-51(50-60-62(56,57)58-3)49-59-52(54)47-45-43-41-39-37-35-33-31-29-25-23-21-19-17-15-13-11-9-7-5-2/h51H,4-50H2,1-3H3,(H,56,57). The fourth-order valence-corrected chi connectivity index (χ4v) is 8.89. The molecule has 1 N–H and O–H groups in total. The van der Waals surface area contributed by atoms with Crippen molar-refractivity contribution >= 4 is 19.8 Å². The fraction of sp³-hybridized carbons (Fsp3) is 0.962. The van der Waals surface area contributed by atoms with E-state index in [1.54, 1.807) is 0 Å². The highest BCUT2D eigenvalue weighted by molar-refractivity contribution is 7.47. The van der Waals surface area contributed by atoms with Crippen molar-refractivity contribution in [3.8, 4) is 0 Å². The van der Waals surface area contributed by atoms with Crippen molar-refractivity contribution in [3.05, 3.63) is 0 Å². The van der Waals surface area contributed by atoms with Crippen molar-refractivity contribution in [3.63, 3.8) is 0 Å². The summed E-state index contributed by atoms with van der Waals surface area (Å²) in [7, 11) is -3.19. The number of carbonyl (C=O) groups is 2. The molecule has 0 amide bonds. The molecule has 0 fully saturated rings. The number of rotatable bonds is 52. The summed E-state index contributed by atoms with van der Waals surface area (Å²) < 4.78 is 32.2. The molecule has 0 aromatic carbocycles. The van der Waals surface area contributed by atoms with Crippen LogP contribution in [0.1, 0.15) is 303 Å². The van der Waals surface area contributed by atoms with Crippen LogP contribution in [0.2, 0.25) is 0 Å². The molecule has 370 valence electrons. The lowest BCUT2D eigenvalue weighted by atomic mass is 10.0. The molecule has 62 heavy (non-hydrogen) atoms. The Hall–Kier alpha value is -0.950. The summed E-state index contributed by atoms with van der Waals surface area (Å²) in [5.41, 5.74) is 0.